The molecule has 1 amide bonds. The number of hydrogen-bond acceptors (Lipinski definition) is 5. The van der Waals surface area contributed by atoms with Crippen LogP contribution in [0.3, 0.4) is 0 Å². The van der Waals surface area contributed by atoms with Crippen LogP contribution in [-0.4, -0.2) is 17.1 Å². The van der Waals surface area contributed by atoms with E-state index in [2.05, 4.69) is 26.9 Å². The lowest BCUT2D eigenvalue weighted by Crippen LogP contribution is -2.09. The van der Waals surface area contributed by atoms with E-state index in [1.165, 1.54) is 11.3 Å². The predicted octanol–water partition coefficient (Wildman–Crippen LogP) is 5.18. The number of aromatic nitrogens is 1. The predicted molar refractivity (Wildman–Crippen MR) is 112 cm³/mol. The standard InChI is InChI=1S/C20H17ClN4OS/c21-16-6-2-1-4-15(16)11-22-25-20-24-18(12-27-20)14-8-9-17-13(10-14)5-3-7-19(26)23-17/h1-2,4,6,8-12H,3,5,7H2,(H,23,26)(H,24,25)/b22-11-. The van der Waals surface area contributed by atoms with Crippen molar-refractivity contribution in [1.82, 2.24) is 4.98 Å². The van der Waals surface area contributed by atoms with Gasteiger partial charge >= 0.3 is 0 Å². The molecule has 7 heteroatoms. The normalized spacial score (nSPS) is 13.9. The third-order valence-corrected chi connectivity index (χ3v) is 5.39. The number of halogens is 1. The van der Waals surface area contributed by atoms with Gasteiger partial charge in [0.15, 0.2) is 0 Å². The van der Waals surface area contributed by atoms with Gasteiger partial charge in [-0.25, -0.2) is 4.98 Å². The second-order valence-corrected chi connectivity index (χ2v) is 7.47. The molecule has 0 atom stereocenters. The van der Waals surface area contributed by atoms with Crippen molar-refractivity contribution >= 4 is 45.9 Å². The molecule has 0 saturated heterocycles. The zero-order chi connectivity index (χ0) is 18.6. The number of amides is 1. The van der Waals surface area contributed by atoms with Crippen molar-refractivity contribution in [1.29, 1.82) is 0 Å². The topological polar surface area (TPSA) is 66.4 Å². The fourth-order valence-electron chi connectivity index (χ4n) is 2.93. The molecule has 136 valence electrons. The van der Waals surface area contributed by atoms with Crippen molar-refractivity contribution in [2.24, 2.45) is 5.10 Å². The van der Waals surface area contributed by atoms with Gasteiger partial charge in [-0.05, 0) is 36.6 Å². The van der Waals surface area contributed by atoms with Crippen molar-refractivity contribution in [3.05, 3.63) is 64.0 Å². The number of benzene rings is 2. The van der Waals surface area contributed by atoms with Gasteiger partial charge in [0.25, 0.3) is 0 Å². The second kappa shape index (κ2) is 7.90. The van der Waals surface area contributed by atoms with E-state index in [0.29, 0.717) is 16.6 Å². The number of thiazole rings is 1. The highest BCUT2D eigenvalue weighted by Crippen LogP contribution is 2.30. The summed E-state index contributed by atoms with van der Waals surface area (Å²) < 4.78 is 0. The molecule has 27 heavy (non-hydrogen) atoms. The highest BCUT2D eigenvalue weighted by Gasteiger charge is 2.14. The quantitative estimate of drug-likeness (QED) is 0.471. The van der Waals surface area contributed by atoms with Crippen LogP contribution in [-0.2, 0) is 11.2 Å². The largest absolute Gasteiger partial charge is 0.326 e. The molecule has 1 aromatic heterocycles. The summed E-state index contributed by atoms with van der Waals surface area (Å²) in [6.45, 7) is 0. The van der Waals surface area contributed by atoms with Gasteiger partial charge in [0.2, 0.25) is 11.0 Å². The molecule has 5 nitrogen and oxygen atoms in total. The lowest BCUT2D eigenvalue weighted by Gasteiger charge is -2.08. The van der Waals surface area contributed by atoms with Crippen LogP contribution in [0.4, 0.5) is 10.8 Å². The minimum atomic E-state index is 0.0815. The van der Waals surface area contributed by atoms with E-state index in [0.717, 1.165) is 40.9 Å². The molecule has 2 heterocycles. The molecule has 0 fully saturated rings. The Kier molecular flexibility index (Phi) is 5.18. The highest BCUT2D eigenvalue weighted by molar-refractivity contribution is 7.14. The number of hydrazone groups is 1. The maximum absolute atomic E-state index is 11.7. The van der Waals surface area contributed by atoms with Gasteiger partial charge < -0.3 is 5.32 Å². The maximum Gasteiger partial charge on any atom is 0.224 e. The summed E-state index contributed by atoms with van der Waals surface area (Å²) >= 11 is 7.60. The number of anilines is 2. The van der Waals surface area contributed by atoms with Crippen LogP contribution in [0, 0.1) is 0 Å². The zero-order valence-corrected chi connectivity index (χ0v) is 16.0. The Bertz CT molecular complexity index is 1010. The molecule has 2 aromatic carbocycles. The molecule has 0 aliphatic carbocycles. The van der Waals surface area contributed by atoms with Gasteiger partial charge in [-0.1, -0.05) is 35.9 Å². The average Bonchev–Trinajstić information content (AvgIpc) is 3.05. The first-order chi connectivity index (χ1) is 13.2. The van der Waals surface area contributed by atoms with Gasteiger partial charge in [0, 0.05) is 33.6 Å². The van der Waals surface area contributed by atoms with Crippen LogP contribution in [0.5, 0.6) is 0 Å². The van der Waals surface area contributed by atoms with Gasteiger partial charge in [-0.2, -0.15) is 5.10 Å². The van der Waals surface area contributed by atoms with E-state index in [9.17, 15) is 4.79 Å². The molecular weight excluding hydrogens is 380 g/mol. The third-order valence-electron chi connectivity index (χ3n) is 4.30. The first kappa shape index (κ1) is 17.7. The Labute approximate surface area is 166 Å². The Balaban J connectivity index is 1.49. The van der Waals surface area contributed by atoms with E-state index >= 15 is 0 Å². The first-order valence-electron chi connectivity index (χ1n) is 8.61. The molecule has 1 aliphatic rings. The van der Waals surface area contributed by atoms with Crippen molar-refractivity contribution in [2.75, 3.05) is 10.7 Å². The number of rotatable bonds is 4. The van der Waals surface area contributed by atoms with E-state index in [4.69, 9.17) is 11.6 Å². The van der Waals surface area contributed by atoms with Crippen LogP contribution >= 0.6 is 22.9 Å². The minimum absolute atomic E-state index is 0.0815. The van der Waals surface area contributed by atoms with E-state index in [1.807, 2.05) is 41.8 Å². The highest BCUT2D eigenvalue weighted by atomic mass is 35.5. The molecule has 0 spiro atoms. The monoisotopic (exact) mass is 396 g/mol. The smallest absolute Gasteiger partial charge is 0.224 e. The number of aryl methyl sites for hydroxylation is 1. The van der Waals surface area contributed by atoms with Crippen molar-refractivity contribution in [2.45, 2.75) is 19.3 Å². The van der Waals surface area contributed by atoms with E-state index in [1.54, 1.807) is 6.21 Å². The Morgan fingerprint density at radius 2 is 2.11 bits per heavy atom. The van der Waals surface area contributed by atoms with Gasteiger partial charge in [0.05, 0.1) is 11.9 Å². The molecule has 4 rings (SSSR count). The average molecular weight is 397 g/mol. The number of hydrogen-bond donors (Lipinski definition) is 2. The van der Waals surface area contributed by atoms with Gasteiger partial charge in [-0.15, -0.1) is 11.3 Å². The summed E-state index contributed by atoms with van der Waals surface area (Å²) in [5.41, 5.74) is 7.76. The maximum atomic E-state index is 11.7. The zero-order valence-electron chi connectivity index (χ0n) is 14.4. The second-order valence-electron chi connectivity index (χ2n) is 6.20. The lowest BCUT2D eigenvalue weighted by atomic mass is 10.0. The summed E-state index contributed by atoms with van der Waals surface area (Å²) in [6, 6.07) is 13.6. The van der Waals surface area contributed by atoms with Crippen molar-refractivity contribution in [3.63, 3.8) is 0 Å². The van der Waals surface area contributed by atoms with Gasteiger partial charge in [0.1, 0.15) is 0 Å². The molecular formula is C20H17ClN4OS. The number of carbonyl (C=O) groups is 1. The molecule has 2 N–H and O–H groups in total. The molecule has 0 unspecified atom stereocenters. The molecule has 0 radical (unpaired) electrons. The number of fused-ring (bicyclic) bond motifs is 1. The summed E-state index contributed by atoms with van der Waals surface area (Å²) in [5.74, 6) is 0.0815. The number of nitrogens with zero attached hydrogens (tertiary/aromatic N) is 2. The Hall–Kier alpha value is -2.70. The Morgan fingerprint density at radius 3 is 3.00 bits per heavy atom. The van der Waals surface area contributed by atoms with Crippen LogP contribution in [0.1, 0.15) is 24.0 Å². The number of nitrogens with one attached hydrogen (secondary N) is 2. The molecule has 3 aromatic rings. The molecule has 1 aliphatic heterocycles. The van der Waals surface area contributed by atoms with Crippen molar-refractivity contribution < 1.29 is 4.79 Å². The van der Waals surface area contributed by atoms with Crippen LogP contribution in [0.25, 0.3) is 11.3 Å². The molecule has 0 saturated carbocycles. The van der Waals surface area contributed by atoms with Gasteiger partial charge in [-0.3, -0.25) is 10.2 Å². The Morgan fingerprint density at radius 1 is 1.22 bits per heavy atom. The fraction of sp³-hybridized carbons (Fsp3) is 0.150. The third kappa shape index (κ3) is 4.18. The molecule has 0 bridgehead atoms. The van der Waals surface area contributed by atoms with E-state index in [-0.39, 0.29) is 5.91 Å². The minimum Gasteiger partial charge on any atom is -0.326 e. The summed E-state index contributed by atoms with van der Waals surface area (Å²) in [7, 11) is 0. The summed E-state index contributed by atoms with van der Waals surface area (Å²) in [5, 5.41) is 10.5. The lowest BCUT2D eigenvalue weighted by molar-refractivity contribution is -0.116. The van der Waals surface area contributed by atoms with Crippen LogP contribution in [0.15, 0.2) is 52.9 Å². The van der Waals surface area contributed by atoms with Crippen LogP contribution in [0.2, 0.25) is 5.02 Å². The van der Waals surface area contributed by atoms with Crippen LogP contribution < -0.4 is 10.7 Å². The van der Waals surface area contributed by atoms with E-state index < -0.39 is 0 Å². The summed E-state index contributed by atoms with van der Waals surface area (Å²) in [6.07, 6.45) is 3.99. The first-order valence-corrected chi connectivity index (χ1v) is 9.87. The number of carbonyl (C=O) groups excluding carboxylic acids is 1. The van der Waals surface area contributed by atoms with Crippen molar-refractivity contribution in [3.8, 4) is 11.3 Å². The fourth-order valence-corrected chi connectivity index (χ4v) is 3.78. The summed E-state index contributed by atoms with van der Waals surface area (Å²) in [4.78, 5) is 16.3. The SMILES string of the molecule is O=C1CCCc2cc(-c3csc(N/N=C\c4ccccc4Cl)n3)ccc2N1.